The van der Waals surface area contributed by atoms with Gasteiger partial charge in [-0.2, -0.15) is 0 Å². The second-order valence-corrected chi connectivity index (χ2v) is 9.53. The van der Waals surface area contributed by atoms with E-state index in [0.29, 0.717) is 0 Å². The molecule has 0 unspecified atom stereocenters. The smallest absolute Gasteiger partial charge is 0.134 e. The predicted molar refractivity (Wildman–Crippen MR) is 99.3 cm³/mol. The average Bonchev–Trinajstić information content (AvgIpc) is 2.54. The molecule has 0 saturated carbocycles. The number of hydrogen-bond acceptors (Lipinski definition) is 4. The van der Waals surface area contributed by atoms with Gasteiger partial charge in [-0.25, -0.2) is 0 Å². The maximum Gasteiger partial charge on any atom is 0.134 e. The van der Waals surface area contributed by atoms with Gasteiger partial charge in [-0.15, -0.1) is 0 Å². The van der Waals surface area contributed by atoms with Crippen molar-refractivity contribution in [2.75, 3.05) is 26.4 Å². The summed E-state index contributed by atoms with van der Waals surface area (Å²) in [6.45, 7) is 11.9. The maximum atomic E-state index is 5.82. The lowest BCUT2D eigenvalue weighted by Crippen LogP contribution is -2.28. The van der Waals surface area contributed by atoms with Crippen LogP contribution in [-0.4, -0.2) is 57.3 Å². The normalized spacial score (nSPS) is 12.8. The highest BCUT2D eigenvalue weighted by Gasteiger charge is 2.12. The van der Waals surface area contributed by atoms with Crippen molar-refractivity contribution in [1.29, 1.82) is 0 Å². The summed E-state index contributed by atoms with van der Waals surface area (Å²) in [6.07, 6.45) is 4.25. The third kappa shape index (κ3) is 13.9. The Hall–Kier alpha value is 0.274. The van der Waals surface area contributed by atoms with Gasteiger partial charge in [0.15, 0.2) is 0 Å². The lowest BCUT2D eigenvalue weighted by atomic mass is 10.5. The van der Waals surface area contributed by atoms with E-state index in [2.05, 4.69) is 27.7 Å². The minimum absolute atomic E-state index is 0.112. The standard InChI is InChI=1S/C16H38O4Si2/c1-5-9-17-15(18-10-6-2)21-13-14-22-16(19-11-7-3)20-12-8-4/h15-16H,5-14,21-22H2,1-4H3. The first-order valence-electron chi connectivity index (χ1n) is 9.24. The monoisotopic (exact) mass is 350 g/mol. The highest BCUT2D eigenvalue weighted by Crippen LogP contribution is 2.05. The predicted octanol–water partition coefficient (Wildman–Crippen LogP) is 2.43. The summed E-state index contributed by atoms with van der Waals surface area (Å²) in [4.78, 5) is 0. The van der Waals surface area contributed by atoms with Gasteiger partial charge >= 0.3 is 0 Å². The number of rotatable bonds is 17. The molecule has 0 radical (unpaired) electrons. The number of ether oxygens (including phenoxy) is 4. The summed E-state index contributed by atoms with van der Waals surface area (Å²) in [5.41, 5.74) is 0. The van der Waals surface area contributed by atoms with Crippen molar-refractivity contribution in [2.24, 2.45) is 0 Å². The summed E-state index contributed by atoms with van der Waals surface area (Å²) in [6, 6.07) is 2.57. The van der Waals surface area contributed by atoms with Crippen LogP contribution in [0.5, 0.6) is 0 Å². The van der Waals surface area contributed by atoms with E-state index in [1.54, 1.807) is 0 Å². The molecule has 0 aromatic heterocycles. The SMILES string of the molecule is CCCOC(OCCC)[SiH2]CC[SiH2]C(OCCC)OCCC. The summed E-state index contributed by atoms with van der Waals surface area (Å²) >= 11 is 0. The fourth-order valence-corrected chi connectivity index (χ4v) is 6.36. The fourth-order valence-electron chi connectivity index (χ4n) is 2.05. The van der Waals surface area contributed by atoms with Crippen LogP contribution in [0.4, 0.5) is 0 Å². The molecule has 0 aliphatic carbocycles. The molecule has 6 heteroatoms. The van der Waals surface area contributed by atoms with Crippen molar-refractivity contribution in [3.63, 3.8) is 0 Å². The number of hydrogen-bond donors (Lipinski definition) is 0. The second kappa shape index (κ2) is 17.6. The summed E-state index contributed by atoms with van der Waals surface area (Å²) < 4.78 is 23.3. The zero-order chi connectivity index (χ0) is 16.5. The van der Waals surface area contributed by atoms with Crippen LogP contribution in [0.1, 0.15) is 53.4 Å². The lowest BCUT2D eigenvalue weighted by Gasteiger charge is -2.20. The molecule has 0 aromatic rings. The van der Waals surface area contributed by atoms with Gasteiger partial charge in [0, 0.05) is 26.4 Å². The molecule has 0 saturated heterocycles. The van der Waals surface area contributed by atoms with Gasteiger partial charge in [-0.1, -0.05) is 39.8 Å². The highest BCUT2D eigenvalue weighted by molar-refractivity contribution is 6.43. The molecular formula is C16H38O4Si2. The minimum atomic E-state index is -0.317. The Kier molecular flexibility index (Phi) is 17.8. The molecule has 0 heterocycles. The topological polar surface area (TPSA) is 36.9 Å². The van der Waals surface area contributed by atoms with Crippen LogP contribution >= 0.6 is 0 Å². The second-order valence-electron chi connectivity index (χ2n) is 5.63. The molecule has 0 amide bonds. The minimum Gasteiger partial charge on any atom is -0.357 e. The molecule has 0 aliphatic heterocycles. The first-order valence-corrected chi connectivity index (χ1v) is 12.9. The first kappa shape index (κ1) is 22.3. The van der Waals surface area contributed by atoms with E-state index in [4.69, 9.17) is 18.9 Å². The molecule has 0 aromatic carbocycles. The van der Waals surface area contributed by atoms with Crippen molar-refractivity contribution in [1.82, 2.24) is 0 Å². The van der Waals surface area contributed by atoms with E-state index in [0.717, 1.165) is 52.1 Å². The highest BCUT2D eigenvalue weighted by atomic mass is 28.2. The van der Waals surface area contributed by atoms with Crippen molar-refractivity contribution in [2.45, 2.75) is 77.3 Å². The van der Waals surface area contributed by atoms with E-state index >= 15 is 0 Å². The molecule has 0 rings (SSSR count). The maximum absolute atomic E-state index is 5.82. The molecule has 0 spiro atoms. The van der Waals surface area contributed by atoms with Crippen molar-refractivity contribution in [3.05, 3.63) is 0 Å². The molecule has 134 valence electrons. The fraction of sp³-hybridized carbons (Fsp3) is 1.00. The van der Waals surface area contributed by atoms with Gasteiger partial charge in [0.05, 0.1) is 19.0 Å². The van der Waals surface area contributed by atoms with Crippen molar-refractivity contribution >= 4 is 19.0 Å². The van der Waals surface area contributed by atoms with E-state index < -0.39 is 0 Å². The molecule has 4 nitrogen and oxygen atoms in total. The van der Waals surface area contributed by atoms with Crippen LogP contribution < -0.4 is 0 Å². The van der Waals surface area contributed by atoms with Crippen LogP contribution in [-0.2, 0) is 18.9 Å². The largest absolute Gasteiger partial charge is 0.357 e. The zero-order valence-electron chi connectivity index (χ0n) is 15.3. The van der Waals surface area contributed by atoms with Crippen LogP contribution in [0.2, 0.25) is 12.1 Å². The first-order chi connectivity index (χ1) is 10.8. The van der Waals surface area contributed by atoms with Crippen LogP contribution in [0.25, 0.3) is 0 Å². The van der Waals surface area contributed by atoms with Gasteiger partial charge in [0.25, 0.3) is 0 Å². The van der Waals surface area contributed by atoms with Gasteiger partial charge in [0.1, 0.15) is 11.8 Å². The van der Waals surface area contributed by atoms with Gasteiger partial charge in [-0.3, -0.25) is 0 Å². The molecule has 22 heavy (non-hydrogen) atoms. The van der Waals surface area contributed by atoms with Gasteiger partial charge in [0.2, 0.25) is 0 Å². The third-order valence-electron chi connectivity index (χ3n) is 3.16. The molecule has 0 bridgehead atoms. The molecule has 0 N–H and O–H groups in total. The average molecular weight is 351 g/mol. The Morgan fingerprint density at radius 2 is 0.818 bits per heavy atom. The Labute approximate surface area is 142 Å². The van der Waals surface area contributed by atoms with Crippen molar-refractivity contribution < 1.29 is 18.9 Å². The Morgan fingerprint density at radius 3 is 1.05 bits per heavy atom. The Morgan fingerprint density at radius 1 is 0.545 bits per heavy atom. The summed E-state index contributed by atoms with van der Waals surface area (Å²) in [5.74, 6) is 0.223. The summed E-state index contributed by atoms with van der Waals surface area (Å²) in [5, 5.41) is 0. The van der Waals surface area contributed by atoms with Crippen LogP contribution in [0.3, 0.4) is 0 Å². The zero-order valence-corrected chi connectivity index (χ0v) is 18.1. The molecule has 0 fully saturated rings. The quantitative estimate of drug-likeness (QED) is 0.229. The van der Waals surface area contributed by atoms with Crippen molar-refractivity contribution in [3.8, 4) is 0 Å². The molecule has 0 aliphatic rings. The Bertz CT molecular complexity index is 182. The van der Waals surface area contributed by atoms with E-state index in [1.807, 2.05) is 0 Å². The van der Waals surface area contributed by atoms with E-state index in [-0.39, 0.29) is 30.9 Å². The van der Waals surface area contributed by atoms with Gasteiger partial charge < -0.3 is 18.9 Å². The van der Waals surface area contributed by atoms with E-state index in [9.17, 15) is 0 Å². The Balaban J connectivity index is 3.88. The van der Waals surface area contributed by atoms with E-state index in [1.165, 1.54) is 12.1 Å². The lowest BCUT2D eigenvalue weighted by molar-refractivity contribution is -0.0915. The third-order valence-corrected chi connectivity index (χ3v) is 7.86. The summed E-state index contributed by atoms with van der Waals surface area (Å²) in [7, 11) is -0.635. The van der Waals surface area contributed by atoms with Crippen LogP contribution in [0.15, 0.2) is 0 Å². The van der Waals surface area contributed by atoms with Crippen LogP contribution in [0, 0.1) is 0 Å². The molecular weight excluding hydrogens is 312 g/mol. The van der Waals surface area contributed by atoms with Gasteiger partial charge in [-0.05, 0) is 25.7 Å². The molecule has 0 atom stereocenters.